The number of nitrogen functional groups attached to an aromatic ring is 1. The molecule has 1 saturated heterocycles. The second kappa shape index (κ2) is 8.36. The van der Waals surface area contributed by atoms with Crippen molar-refractivity contribution in [3.05, 3.63) is 72.3 Å². The van der Waals surface area contributed by atoms with Crippen LogP contribution in [-0.2, 0) is 0 Å². The number of amides is 1. The predicted molar refractivity (Wildman–Crippen MR) is 110 cm³/mol. The number of nitrogens with zero attached hydrogens (tertiary/aromatic N) is 4. The molecule has 7 nitrogen and oxygen atoms in total. The number of carbonyl (C=O) groups excluding carboxylic acids is 1. The summed E-state index contributed by atoms with van der Waals surface area (Å²) in [6.45, 7) is 1.22. The second-order valence-corrected chi connectivity index (χ2v) is 7.24. The number of aliphatic hydroxyl groups excluding tert-OH is 1. The Morgan fingerprint density at radius 2 is 1.90 bits per heavy atom. The molecule has 0 aliphatic carbocycles. The van der Waals surface area contributed by atoms with E-state index in [-0.39, 0.29) is 11.8 Å². The highest BCUT2D eigenvalue weighted by atomic mass is 16.3. The van der Waals surface area contributed by atoms with E-state index in [0.29, 0.717) is 35.9 Å². The minimum atomic E-state index is -0.596. The number of hydrogen-bond donors (Lipinski definition) is 2. The van der Waals surface area contributed by atoms with Crippen LogP contribution in [0.5, 0.6) is 0 Å². The molecule has 0 bridgehead atoms. The Bertz CT molecular complexity index is 970. The number of piperidine rings is 1. The Kier molecular flexibility index (Phi) is 5.48. The van der Waals surface area contributed by atoms with Crippen LogP contribution >= 0.6 is 0 Å². The summed E-state index contributed by atoms with van der Waals surface area (Å²) >= 11 is 0. The van der Waals surface area contributed by atoms with Crippen LogP contribution < -0.4 is 5.73 Å². The van der Waals surface area contributed by atoms with Gasteiger partial charge in [-0.15, -0.1) is 0 Å². The fourth-order valence-electron chi connectivity index (χ4n) is 3.69. The molecule has 1 aromatic carbocycles. The maximum absolute atomic E-state index is 13.0. The molecule has 1 fully saturated rings. The first-order valence-corrected chi connectivity index (χ1v) is 9.68. The van der Waals surface area contributed by atoms with Gasteiger partial charge in [0, 0.05) is 30.4 Å². The Hall–Kier alpha value is -3.32. The third-order valence-corrected chi connectivity index (χ3v) is 5.34. The first-order valence-electron chi connectivity index (χ1n) is 9.68. The number of aliphatic hydroxyl groups is 1. The van der Waals surface area contributed by atoms with Gasteiger partial charge in [0.25, 0.3) is 5.91 Å². The lowest BCUT2D eigenvalue weighted by Gasteiger charge is -2.34. The van der Waals surface area contributed by atoms with Gasteiger partial charge in [-0.3, -0.25) is 14.8 Å². The lowest BCUT2D eigenvalue weighted by Crippen LogP contribution is -2.39. The molecule has 29 heavy (non-hydrogen) atoms. The summed E-state index contributed by atoms with van der Waals surface area (Å²) in [6.07, 6.45) is 5.68. The van der Waals surface area contributed by atoms with Gasteiger partial charge in [-0.1, -0.05) is 18.2 Å². The van der Waals surface area contributed by atoms with Crippen molar-refractivity contribution < 1.29 is 9.90 Å². The highest BCUT2D eigenvalue weighted by Gasteiger charge is 2.29. The van der Waals surface area contributed by atoms with Crippen LogP contribution in [0.25, 0.3) is 11.3 Å². The molecular weight excluding hydrogens is 366 g/mol. The van der Waals surface area contributed by atoms with Crippen LogP contribution in [-0.4, -0.2) is 44.0 Å². The van der Waals surface area contributed by atoms with Gasteiger partial charge in [-0.2, -0.15) is 0 Å². The molecule has 1 aliphatic heterocycles. The summed E-state index contributed by atoms with van der Waals surface area (Å²) in [4.78, 5) is 27.4. The van der Waals surface area contributed by atoms with E-state index in [2.05, 4.69) is 15.0 Å². The van der Waals surface area contributed by atoms with E-state index in [4.69, 9.17) is 5.73 Å². The van der Waals surface area contributed by atoms with Gasteiger partial charge in [0.15, 0.2) is 0 Å². The molecule has 4 rings (SSSR count). The number of benzene rings is 1. The number of hydrogen-bond acceptors (Lipinski definition) is 6. The van der Waals surface area contributed by atoms with E-state index in [1.807, 2.05) is 47.4 Å². The fourth-order valence-corrected chi connectivity index (χ4v) is 3.69. The summed E-state index contributed by atoms with van der Waals surface area (Å²) in [5, 5.41) is 10.6. The first kappa shape index (κ1) is 19.0. The van der Waals surface area contributed by atoms with Crippen LogP contribution in [0.15, 0.2) is 61.1 Å². The Labute approximate surface area is 169 Å². The molecule has 2 aromatic heterocycles. The molecule has 1 aliphatic rings. The average Bonchev–Trinajstić information content (AvgIpc) is 2.79. The maximum Gasteiger partial charge on any atom is 0.253 e. The zero-order valence-corrected chi connectivity index (χ0v) is 16.0. The van der Waals surface area contributed by atoms with Crippen LogP contribution in [0.2, 0.25) is 0 Å². The quantitative estimate of drug-likeness (QED) is 0.711. The van der Waals surface area contributed by atoms with Gasteiger partial charge in [-0.25, -0.2) is 4.98 Å². The summed E-state index contributed by atoms with van der Waals surface area (Å²) in [5.41, 5.74) is 8.39. The lowest BCUT2D eigenvalue weighted by atomic mass is 9.89. The summed E-state index contributed by atoms with van der Waals surface area (Å²) in [6, 6.07) is 12.9. The first-order chi connectivity index (χ1) is 14.1. The third kappa shape index (κ3) is 4.25. The molecule has 0 unspecified atom stereocenters. The van der Waals surface area contributed by atoms with Gasteiger partial charge < -0.3 is 15.7 Å². The molecule has 0 saturated carbocycles. The highest BCUT2D eigenvalue weighted by Crippen LogP contribution is 2.30. The monoisotopic (exact) mass is 389 g/mol. The van der Waals surface area contributed by atoms with Gasteiger partial charge in [0.2, 0.25) is 0 Å². The minimum Gasteiger partial charge on any atom is -0.387 e. The fraction of sp³-hybridized carbons (Fsp3) is 0.273. The van der Waals surface area contributed by atoms with Crippen molar-refractivity contribution in [1.82, 2.24) is 19.9 Å². The van der Waals surface area contributed by atoms with E-state index >= 15 is 0 Å². The molecule has 7 heteroatoms. The highest BCUT2D eigenvalue weighted by molar-refractivity contribution is 5.95. The zero-order valence-electron chi connectivity index (χ0n) is 16.0. The van der Waals surface area contributed by atoms with Crippen molar-refractivity contribution in [2.75, 3.05) is 18.8 Å². The van der Waals surface area contributed by atoms with Crippen molar-refractivity contribution in [3.8, 4) is 11.3 Å². The molecular formula is C22H23N5O2. The van der Waals surface area contributed by atoms with Crippen LogP contribution in [0, 0.1) is 5.92 Å². The second-order valence-electron chi connectivity index (χ2n) is 7.24. The lowest BCUT2D eigenvalue weighted by molar-refractivity contribution is 0.0447. The normalized spacial score (nSPS) is 15.8. The predicted octanol–water partition coefficient (Wildman–Crippen LogP) is 2.71. The molecule has 0 spiro atoms. The van der Waals surface area contributed by atoms with Crippen molar-refractivity contribution in [2.24, 2.45) is 5.92 Å². The van der Waals surface area contributed by atoms with Gasteiger partial charge in [0.1, 0.15) is 5.82 Å². The van der Waals surface area contributed by atoms with Crippen molar-refractivity contribution in [3.63, 3.8) is 0 Å². The SMILES string of the molecule is Nc1cnc(-c2cccc(C(=O)N3CCC([C@@H](O)c4ccccn4)CC3)c2)cn1. The van der Waals surface area contributed by atoms with E-state index in [9.17, 15) is 9.90 Å². The van der Waals surface area contributed by atoms with Crippen molar-refractivity contribution in [1.29, 1.82) is 0 Å². The molecule has 3 N–H and O–H groups in total. The molecule has 1 atom stereocenters. The molecule has 1 amide bonds. The van der Waals surface area contributed by atoms with Crippen LogP contribution in [0.1, 0.15) is 35.0 Å². The third-order valence-electron chi connectivity index (χ3n) is 5.34. The van der Waals surface area contributed by atoms with Gasteiger partial charge >= 0.3 is 0 Å². The van der Waals surface area contributed by atoms with Crippen molar-refractivity contribution in [2.45, 2.75) is 18.9 Å². The molecule has 3 aromatic rings. The zero-order chi connectivity index (χ0) is 20.2. The van der Waals surface area contributed by atoms with Crippen LogP contribution in [0.4, 0.5) is 5.82 Å². The standard InChI is InChI=1S/C22H23N5O2/c23-20-14-25-19(13-26-20)16-4-3-5-17(12-16)22(29)27-10-7-15(8-11-27)21(28)18-6-1-2-9-24-18/h1-6,9,12-15,21,28H,7-8,10-11H2,(H2,23,26)/t21-/m1/s1. The van der Waals surface area contributed by atoms with E-state index in [1.165, 1.54) is 6.20 Å². The van der Waals surface area contributed by atoms with Crippen LogP contribution in [0.3, 0.4) is 0 Å². The van der Waals surface area contributed by atoms with Gasteiger partial charge in [-0.05, 0) is 43.0 Å². The van der Waals surface area contributed by atoms with Gasteiger partial charge in [0.05, 0.1) is 29.9 Å². The number of rotatable bonds is 4. The number of anilines is 1. The molecule has 0 radical (unpaired) electrons. The topological polar surface area (TPSA) is 105 Å². The Balaban J connectivity index is 1.42. The number of pyridine rings is 1. The molecule has 3 heterocycles. The van der Waals surface area contributed by atoms with Crippen molar-refractivity contribution >= 4 is 11.7 Å². The Morgan fingerprint density at radius 3 is 2.59 bits per heavy atom. The summed E-state index contributed by atoms with van der Waals surface area (Å²) < 4.78 is 0. The Morgan fingerprint density at radius 1 is 1.07 bits per heavy atom. The van der Waals surface area contributed by atoms with E-state index in [0.717, 1.165) is 18.4 Å². The summed E-state index contributed by atoms with van der Waals surface area (Å²) in [5.74, 6) is 0.447. The number of aromatic nitrogens is 3. The maximum atomic E-state index is 13.0. The number of carbonyl (C=O) groups is 1. The number of nitrogens with two attached hydrogens (primary N) is 1. The van der Waals surface area contributed by atoms with E-state index in [1.54, 1.807) is 12.4 Å². The smallest absolute Gasteiger partial charge is 0.253 e. The molecule has 148 valence electrons. The average molecular weight is 389 g/mol. The van der Waals surface area contributed by atoms with E-state index < -0.39 is 6.10 Å². The number of likely N-dealkylation sites (tertiary alicyclic amines) is 1. The summed E-state index contributed by atoms with van der Waals surface area (Å²) in [7, 11) is 0. The minimum absolute atomic E-state index is 0.0129. The largest absolute Gasteiger partial charge is 0.387 e.